The molecule has 0 N–H and O–H groups in total. The first-order valence-electron chi connectivity index (χ1n) is 3.79. The highest BCUT2D eigenvalue weighted by atomic mass is 79.9. The Bertz CT molecular complexity index is 145. The average Bonchev–Trinajstić information content (AvgIpc) is 2.05. The van der Waals surface area contributed by atoms with E-state index in [4.69, 9.17) is 11.6 Å². The van der Waals surface area contributed by atoms with Crippen LogP contribution in [0.15, 0.2) is 0 Å². The fraction of sp³-hybridized carbons (Fsp3) is 0.857. The van der Waals surface area contributed by atoms with Crippen LogP contribution in [0.25, 0.3) is 0 Å². The lowest BCUT2D eigenvalue weighted by molar-refractivity contribution is -0.129. The number of halogens is 2. The molecule has 0 radical (unpaired) electrons. The van der Waals surface area contributed by atoms with Crippen LogP contribution >= 0.6 is 27.5 Å². The van der Waals surface area contributed by atoms with Crippen LogP contribution in [0, 0.1) is 0 Å². The molecule has 0 aromatic carbocycles. The number of carbonyl (C=O) groups excluding carboxylic acids is 1. The molecule has 0 aromatic rings. The number of carbonyl (C=O) groups is 1. The van der Waals surface area contributed by atoms with E-state index in [0.717, 1.165) is 25.9 Å². The van der Waals surface area contributed by atoms with Gasteiger partial charge in [-0.15, -0.1) is 0 Å². The number of piperidine rings is 1. The molecule has 64 valence electrons. The summed E-state index contributed by atoms with van der Waals surface area (Å²) < 4.78 is -0.541. The normalized spacial score (nSPS) is 21.5. The molecule has 0 aliphatic carbocycles. The van der Waals surface area contributed by atoms with Crippen LogP contribution in [-0.4, -0.2) is 28.2 Å². The minimum Gasteiger partial charge on any atom is -0.341 e. The fourth-order valence-electron chi connectivity index (χ4n) is 1.25. The summed E-state index contributed by atoms with van der Waals surface area (Å²) in [6.07, 6.45) is 3.46. The Morgan fingerprint density at radius 1 is 1.36 bits per heavy atom. The molecule has 0 saturated carbocycles. The van der Waals surface area contributed by atoms with E-state index in [1.807, 2.05) is 4.90 Å². The second-order valence-corrected chi connectivity index (χ2v) is 4.57. The van der Waals surface area contributed by atoms with Gasteiger partial charge in [0.15, 0.2) is 4.29 Å². The van der Waals surface area contributed by atoms with Gasteiger partial charge in [-0.2, -0.15) is 0 Å². The molecule has 1 rings (SSSR count). The molecule has 0 bridgehead atoms. The van der Waals surface area contributed by atoms with Gasteiger partial charge < -0.3 is 4.90 Å². The van der Waals surface area contributed by atoms with Crippen LogP contribution in [0.3, 0.4) is 0 Å². The van der Waals surface area contributed by atoms with Crippen molar-refractivity contribution in [3.05, 3.63) is 0 Å². The highest BCUT2D eigenvalue weighted by molar-refractivity contribution is 9.10. The van der Waals surface area contributed by atoms with Gasteiger partial charge >= 0.3 is 0 Å². The molecule has 1 heterocycles. The van der Waals surface area contributed by atoms with E-state index in [0.29, 0.717) is 0 Å². The Balaban J connectivity index is 2.39. The second kappa shape index (κ2) is 4.31. The Hall–Kier alpha value is 0.240. The maximum absolute atomic E-state index is 11.2. The lowest BCUT2D eigenvalue weighted by Crippen LogP contribution is -2.38. The van der Waals surface area contributed by atoms with Gasteiger partial charge in [-0.1, -0.05) is 27.5 Å². The van der Waals surface area contributed by atoms with Crippen LogP contribution in [0.5, 0.6) is 0 Å². The summed E-state index contributed by atoms with van der Waals surface area (Å²) in [6.45, 7) is 1.74. The van der Waals surface area contributed by atoms with Gasteiger partial charge in [-0.3, -0.25) is 4.79 Å². The number of hydrogen-bond donors (Lipinski definition) is 0. The fourth-order valence-corrected chi connectivity index (χ4v) is 1.68. The molecule has 1 fully saturated rings. The molecule has 1 aliphatic heterocycles. The zero-order valence-corrected chi connectivity index (χ0v) is 8.57. The minimum absolute atomic E-state index is 0.00590. The van der Waals surface area contributed by atoms with E-state index in [9.17, 15) is 4.79 Å². The molecular formula is C7H11BrClNO. The van der Waals surface area contributed by atoms with Crippen LogP contribution in [0.2, 0.25) is 0 Å². The summed E-state index contributed by atoms with van der Waals surface area (Å²) in [6, 6.07) is 0. The maximum atomic E-state index is 11.2. The van der Waals surface area contributed by atoms with Crippen molar-refractivity contribution >= 4 is 33.4 Å². The molecule has 4 heteroatoms. The number of rotatable bonds is 1. The lowest BCUT2D eigenvalue weighted by Gasteiger charge is -2.27. The van der Waals surface area contributed by atoms with Crippen molar-refractivity contribution in [2.45, 2.75) is 23.5 Å². The number of alkyl halides is 2. The van der Waals surface area contributed by atoms with Crippen molar-refractivity contribution in [2.24, 2.45) is 0 Å². The summed E-state index contributed by atoms with van der Waals surface area (Å²) >= 11 is 8.64. The van der Waals surface area contributed by atoms with Gasteiger partial charge in [0.1, 0.15) is 0 Å². The zero-order valence-electron chi connectivity index (χ0n) is 6.22. The number of nitrogens with zero attached hydrogens (tertiary/aromatic N) is 1. The topological polar surface area (TPSA) is 20.3 Å². The van der Waals surface area contributed by atoms with Crippen molar-refractivity contribution in [3.8, 4) is 0 Å². The molecule has 1 saturated heterocycles. The molecule has 0 aromatic heterocycles. The summed E-state index contributed by atoms with van der Waals surface area (Å²) in [4.78, 5) is 13.1. The first-order chi connectivity index (χ1) is 5.22. The van der Waals surface area contributed by atoms with Crippen LogP contribution in [-0.2, 0) is 4.79 Å². The molecule has 1 unspecified atom stereocenters. The standard InChI is InChI=1S/C7H11BrClNO/c8-6(9)7(11)10-4-2-1-3-5-10/h6H,1-5H2. The van der Waals surface area contributed by atoms with E-state index in [1.165, 1.54) is 6.42 Å². The minimum atomic E-state index is -0.541. The van der Waals surface area contributed by atoms with Gasteiger partial charge in [0, 0.05) is 13.1 Å². The smallest absolute Gasteiger partial charge is 0.251 e. The Labute approximate surface area is 80.0 Å². The van der Waals surface area contributed by atoms with Crippen molar-refractivity contribution < 1.29 is 4.79 Å². The van der Waals surface area contributed by atoms with Crippen molar-refractivity contribution in [1.82, 2.24) is 4.90 Å². The van der Waals surface area contributed by atoms with E-state index in [-0.39, 0.29) is 5.91 Å². The highest BCUT2D eigenvalue weighted by Gasteiger charge is 2.20. The van der Waals surface area contributed by atoms with Crippen molar-refractivity contribution in [2.75, 3.05) is 13.1 Å². The molecule has 1 amide bonds. The molecular weight excluding hydrogens is 229 g/mol. The van der Waals surface area contributed by atoms with Crippen LogP contribution in [0.1, 0.15) is 19.3 Å². The quantitative estimate of drug-likeness (QED) is 0.642. The van der Waals surface area contributed by atoms with E-state index >= 15 is 0 Å². The lowest BCUT2D eigenvalue weighted by atomic mass is 10.1. The van der Waals surface area contributed by atoms with Gasteiger partial charge in [0.2, 0.25) is 0 Å². The third-order valence-electron chi connectivity index (χ3n) is 1.85. The second-order valence-electron chi connectivity index (χ2n) is 2.69. The number of likely N-dealkylation sites (tertiary alicyclic amines) is 1. The largest absolute Gasteiger partial charge is 0.341 e. The maximum Gasteiger partial charge on any atom is 0.251 e. The third-order valence-corrected chi connectivity index (χ3v) is 2.43. The summed E-state index contributed by atoms with van der Waals surface area (Å²) in [5.41, 5.74) is 0. The molecule has 11 heavy (non-hydrogen) atoms. The average molecular weight is 241 g/mol. The first-order valence-corrected chi connectivity index (χ1v) is 5.14. The summed E-state index contributed by atoms with van der Waals surface area (Å²) in [5, 5.41) is 0. The summed E-state index contributed by atoms with van der Waals surface area (Å²) in [7, 11) is 0. The Kier molecular flexibility index (Phi) is 3.66. The zero-order chi connectivity index (χ0) is 8.27. The summed E-state index contributed by atoms with van der Waals surface area (Å²) in [5.74, 6) is 0.00590. The van der Waals surface area contributed by atoms with Gasteiger partial charge in [-0.05, 0) is 19.3 Å². The number of amides is 1. The van der Waals surface area contributed by atoms with Crippen molar-refractivity contribution in [3.63, 3.8) is 0 Å². The van der Waals surface area contributed by atoms with Gasteiger partial charge in [0.05, 0.1) is 0 Å². The molecule has 1 atom stereocenters. The van der Waals surface area contributed by atoms with Crippen molar-refractivity contribution in [1.29, 1.82) is 0 Å². The SMILES string of the molecule is O=C(C(Cl)Br)N1CCCCC1. The third kappa shape index (κ3) is 2.64. The van der Waals surface area contributed by atoms with Crippen LogP contribution in [0.4, 0.5) is 0 Å². The van der Waals surface area contributed by atoms with Gasteiger partial charge in [-0.25, -0.2) is 0 Å². The Morgan fingerprint density at radius 2 is 1.91 bits per heavy atom. The molecule has 1 aliphatic rings. The highest BCUT2D eigenvalue weighted by Crippen LogP contribution is 2.14. The van der Waals surface area contributed by atoms with Crippen LogP contribution < -0.4 is 0 Å². The van der Waals surface area contributed by atoms with E-state index < -0.39 is 4.29 Å². The molecule has 2 nitrogen and oxygen atoms in total. The van der Waals surface area contributed by atoms with E-state index in [2.05, 4.69) is 15.9 Å². The predicted octanol–water partition coefficient (Wildman–Crippen LogP) is 1.96. The first kappa shape index (κ1) is 9.33. The monoisotopic (exact) mass is 239 g/mol. The van der Waals surface area contributed by atoms with E-state index in [1.54, 1.807) is 0 Å². The Morgan fingerprint density at radius 3 is 2.36 bits per heavy atom. The molecule has 0 spiro atoms. The van der Waals surface area contributed by atoms with Gasteiger partial charge in [0.25, 0.3) is 5.91 Å². The number of hydrogen-bond acceptors (Lipinski definition) is 1. The predicted molar refractivity (Wildman–Crippen MR) is 49.0 cm³/mol.